The standard InChI is InChI=1S/C17H21N3O/c1-4-21-11-16(12(2)3)20-17-13(9-18)10-19-15-8-6-5-7-14(15)17/h5-8,10,12,16H,4,11H2,1-3H3,(H,19,20). The van der Waals surface area contributed by atoms with Crippen molar-refractivity contribution < 1.29 is 4.74 Å². The van der Waals surface area contributed by atoms with E-state index in [-0.39, 0.29) is 6.04 Å². The third kappa shape index (κ3) is 3.50. The van der Waals surface area contributed by atoms with E-state index in [1.165, 1.54) is 0 Å². The van der Waals surface area contributed by atoms with E-state index in [1.54, 1.807) is 6.20 Å². The average molecular weight is 283 g/mol. The molecule has 0 saturated carbocycles. The number of para-hydroxylation sites is 1. The number of rotatable bonds is 6. The molecule has 110 valence electrons. The molecule has 4 heteroatoms. The molecule has 0 radical (unpaired) electrons. The molecular weight excluding hydrogens is 262 g/mol. The van der Waals surface area contributed by atoms with Gasteiger partial charge in [0.05, 0.1) is 29.4 Å². The molecule has 2 aromatic rings. The highest BCUT2D eigenvalue weighted by Gasteiger charge is 2.17. The molecule has 0 saturated heterocycles. The molecule has 1 atom stereocenters. The monoisotopic (exact) mass is 283 g/mol. The fourth-order valence-corrected chi connectivity index (χ4v) is 2.21. The van der Waals surface area contributed by atoms with Crippen LogP contribution >= 0.6 is 0 Å². The van der Waals surface area contributed by atoms with Gasteiger partial charge in [0, 0.05) is 18.2 Å². The molecule has 1 aromatic carbocycles. The van der Waals surface area contributed by atoms with Gasteiger partial charge >= 0.3 is 0 Å². The number of nitrogens with zero attached hydrogens (tertiary/aromatic N) is 2. The fourth-order valence-electron chi connectivity index (χ4n) is 2.21. The zero-order valence-electron chi connectivity index (χ0n) is 12.8. The Morgan fingerprint density at radius 1 is 1.33 bits per heavy atom. The Morgan fingerprint density at radius 2 is 2.10 bits per heavy atom. The van der Waals surface area contributed by atoms with Crippen molar-refractivity contribution in [3.8, 4) is 6.07 Å². The van der Waals surface area contributed by atoms with Crippen molar-refractivity contribution in [2.24, 2.45) is 5.92 Å². The molecule has 0 aliphatic heterocycles. The van der Waals surface area contributed by atoms with Crippen molar-refractivity contribution in [2.45, 2.75) is 26.8 Å². The van der Waals surface area contributed by atoms with E-state index < -0.39 is 0 Å². The highest BCUT2D eigenvalue weighted by molar-refractivity contribution is 5.93. The Balaban J connectivity index is 2.41. The number of pyridine rings is 1. The summed E-state index contributed by atoms with van der Waals surface area (Å²) in [5, 5.41) is 13.8. The Bertz CT molecular complexity index is 646. The second-order valence-corrected chi connectivity index (χ2v) is 5.33. The molecule has 0 fully saturated rings. The van der Waals surface area contributed by atoms with E-state index in [0.29, 0.717) is 24.7 Å². The molecule has 0 spiro atoms. The first-order valence-corrected chi connectivity index (χ1v) is 7.29. The Kier molecular flexibility index (Phi) is 5.13. The number of hydrogen-bond acceptors (Lipinski definition) is 4. The summed E-state index contributed by atoms with van der Waals surface area (Å²) in [4.78, 5) is 4.33. The number of fused-ring (bicyclic) bond motifs is 1. The average Bonchev–Trinajstić information content (AvgIpc) is 2.50. The van der Waals surface area contributed by atoms with Crippen molar-refractivity contribution in [3.05, 3.63) is 36.0 Å². The van der Waals surface area contributed by atoms with Gasteiger partial charge in [-0.3, -0.25) is 4.98 Å². The minimum Gasteiger partial charge on any atom is -0.380 e. The summed E-state index contributed by atoms with van der Waals surface area (Å²) in [5.74, 6) is 0.398. The molecule has 4 nitrogen and oxygen atoms in total. The number of aromatic nitrogens is 1. The summed E-state index contributed by atoms with van der Waals surface area (Å²) < 4.78 is 5.55. The highest BCUT2D eigenvalue weighted by atomic mass is 16.5. The molecule has 1 N–H and O–H groups in total. The van der Waals surface area contributed by atoms with Crippen LogP contribution < -0.4 is 5.32 Å². The van der Waals surface area contributed by atoms with Crippen molar-refractivity contribution >= 4 is 16.6 Å². The van der Waals surface area contributed by atoms with Crippen LogP contribution in [0.15, 0.2) is 30.5 Å². The molecule has 0 amide bonds. The number of nitrogens with one attached hydrogen (secondary N) is 1. The van der Waals surface area contributed by atoms with E-state index in [0.717, 1.165) is 16.6 Å². The van der Waals surface area contributed by atoms with Crippen LogP contribution in [0.4, 0.5) is 5.69 Å². The zero-order valence-corrected chi connectivity index (χ0v) is 12.8. The van der Waals surface area contributed by atoms with Gasteiger partial charge in [-0.15, -0.1) is 0 Å². The molecule has 0 aliphatic carbocycles. The molecule has 1 heterocycles. The summed E-state index contributed by atoms with van der Waals surface area (Å²) >= 11 is 0. The summed E-state index contributed by atoms with van der Waals surface area (Å²) in [7, 11) is 0. The maximum Gasteiger partial charge on any atom is 0.103 e. The van der Waals surface area contributed by atoms with E-state index in [1.807, 2.05) is 31.2 Å². The smallest absolute Gasteiger partial charge is 0.103 e. The third-order valence-electron chi connectivity index (χ3n) is 3.53. The van der Waals surface area contributed by atoms with E-state index in [9.17, 15) is 5.26 Å². The van der Waals surface area contributed by atoms with Gasteiger partial charge in [0.25, 0.3) is 0 Å². The number of benzene rings is 1. The molecule has 0 aliphatic rings. The van der Waals surface area contributed by atoms with Crippen molar-refractivity contribution in [1.82, 2.24) is 4.98 Å². The quantitative estimate of drug-likeness (QED) is 0.880. The lowest BCUT2D eigenvalue weighted by molar-refractivity contribution is 0.127. The van der Waals surface area contributed by atoms with Crippen LogP contribution in [0.2, 0.25) is 0 Å². The van der Waals surface area contributed by atoms with Crippen LogP contribution in [0, 0.1) is 17.2 Å². The van der Waals surface area contributed by atoms with Crippen LogP contribution in [0.25, 0.3) is 10.9 Å². The van der Waals surface area contributed by atoms with Crippen molar-refractivity contribution in [3.63, 3.8) is 0 Å². The molecule has 1 unspecified atom stereocenters. The first kappa shape index (κ1) is 15.3. The predicted octanol–water partition coefficient (Wildman–Crippen LogP) is 3.58. The van der Waals surface area contributed by atoms with Gasteiger partial charge in [0.2, 0.25) is 0 Å². The number of hydrogen-bond donors (Lipinski definition) is 1. The Labute approximate surface area is 125 Å². The second-order valence-electron chi connectivity index (χ2n) is 5.33. The summed E-state index contributed by atoms with van der Waals surface area (Å²) in [6.07, 6.45) is 1.63. The van der Waals surface area contributed by atoms with E-state index in [4.69, 9.17) is 4.74 Å². The predicted molar refractivity (Wildman–Crippen MR) is 85.2 cm³/mol. The molecular formula is C17H21N3O. The minimum atomic E-state index is 0.155. The van der Waals surface area contributed by atoms with Crippen LogP contribution in [0.5, 0.6) is 0 Å². The maximum atomic E-state index is 9.34. The molecule has 2 rings (SSSR count). The van der Waals surface area contributed by atoms with Crippen molar-refractivity contribution in [2.75, 3.05) is 18.5 Å². The van der Waals surface area contributed by atoms with Gasteiger partial charge in [-0.1, -0.05) is 32.0 Å². The van der Waals surface area contributed by atoms with Crippen molar-refractivity contribution in [1.29, 1.82) is 5.26 Å². The first-order valence-electron chi connectivity index (χ1n) is 7.29. The Morgan fingerprint density at radius 3 is 2.76 bits per heavy atom. The summed E-state index contributed by atoms with van der Waals surface area (Å²) in [5.41, 5.74) is 2.30. The lowest BCUT2D eigenvalue weighted by Crippen LogP contribution is -2.31. The topological polar surface area (TPSA) is 57.9 Å². The van der Waals surface area contributed by atoms with Gasteiger partial charge in [0.1, 0.15) is 6.07 Å². The van der Waals surface area contributed by atoms with E-state index in [2.05, 4.69) is 30.2 Å². The first-order chi connectivity index (χ1) is 10.2. The number of ether oxygens (including phenoxy) is 1. The van der Waals surface area contributed by atoms with Gasteiger partial charge in [-0.25, -0.2) is 0 Å². The van der Waals surface area contributed by atoms with Gasteiger partial charge in [0.15, 0.2) is 0 Å². The van der Waals surface area contributed by atoms with Gasteiger partial charge in [-0.05, 0) is 18.9 Å². The lowest BCUT2D eigenvalue weighted by atomic mass is 10.0. The minimum absolute atomic E-state index is 0.155. The lowest BCUT2D eigenvalue weighted by Gasteiger charge is -2.24. The van der Waals surface area contributed by atoms with Crippen LogP contribution in [0.1, 0.15) is 26.3 Å². The summed E-state index contributed by atoms with van der Waals surface area (Å²) in [6.45, 7) is 7.58. The van der Waals surface area contributed by atoms with Crippen LogP contribution in [-0.4, -0.2) is 24.2 Å². The van der Waals surface area contributed by atoms with Gasteiger partial charge in [-0.2, -0.15) is 5.26 Å². The van der Waals surface area contributed by atoms with E-state index >= 15 is 0 Å². The maximum absolute atomic E-state index is 9.34. The van der Waals surface area contributed by atoms with Gasteiger partial charge < -0.3 is 10.1 Å². The van der Waals surface area contributed by atoms with Crippen LogP contribution in [-0.2, 0) is 4.74 Å². The number of anilines is 1. The van der Waals surface area contributed by atoms with Crippen LogP contribution in [0.3, 0.4) is 0 Å². The fraction of sp³-hybridized carbons (Fsp3) is 0.412. The SMILES string of the molecule is CCOCC(Nc1c(C#N)cnc2ccccc12)C(C)C. The molecule has 1 aromatic heterocycles. The normalized spacial score (nSPS) is 12.3. The number of nitriles is 1. The Hall–Kier alpha value is -2.12. The second kappa shape index (κ2) is 7.05. The third-order valence-corrected chi connectivity index (χ3v) is 3.53. The molecule has 21 heavy (non-hydrogen) atoms. The summed E-state index contributed by atoms with van der Waals surface area (Å²) in [6, 6.07) is 10.2. The largest absolute Gasteiger partial charge is 0.380 e. The molecule has 0 bridgehead atoms. The zero-order chi connectivity index (χ0) is 15.2. The highest BCUT2D eigenvalue weighted by Crippen LogP contribution is 2.27.